The van der Waals surface area contributed by atoms with Gasteiger partial charge in [-0.2, -0.15) is 0 Å². The highest BCUT2D eigenvalue weighted by Crippen LogP contribution is 2.27. The van der Waals surface area contributed by atoms with Crippen LogP contribution in [0.2, 0.25) is 0 Å². The lowest BCUT2D eigenvalue weighted by Gasteiger charge is -2.15. The Morgan fingerprint density at radius 1 is 1.45 bits per heavy atom. The summed E-state index contributed by atoms with van der Waals surface area (Å²) in [5.74, 6) is 1.15. The van der Waals surface area contributed by atoms with E-state index in [1.807, 2.05) is 31.6 Å². The van der Waals surface area contributed by atoms with Crippen molar-refractivity contribution in [1.82, 2.24) is 9.88 Å². The minimum Gasteiger partial charge on any atom is -0.341 e. The van der Waals surface area contributed by atoms with E-state index < -0.39 is 0 Å². The van der Waals surface area contributed by atoms with Gasteiger partial charge in [-0.3, -0.25) is 4.79 Å². The van der Waals surface area contributed by atoms with Crippen LogP contribution >= 0.6 is 34.4 Å². The number of aromatic nitrogens is 1. The molecule has 3 nitrogen and oxygen atoms in total. The van der Waals surface area contributed by atoms with Crippen molar-refractivity contribution in [2.24, 2.45) is 0 Å². The number of carbonyl (C=O) groups is 1. The Bertz CT molecular complexity index is 576. The van der Waals surface area contributed by atoms with Gasteiger partial charge in [0.15, 0.2) is 0 Å². The molecule has 20 heavy (non-hydrogen) atoms. The summed E-state index contributed by atoms with van der Waals surface area (Å²) in [4.78, 5) is 20.4. The van der Waals surface area contributed by atoms with E-state index in [1.165, 1.54) is 9.09 Å². The quantitative estimate of drug-likeness (QED) is 0.754. The minimum atomic E-state index is 0.111. The molecule has 0 bridgehead atoms. The molecule has 0 N–H and O–H groups in total. The molecule has 0 aliphatic heterocycles. The fourth-order valence-electron chi connectivity index (χ4n) is 1.78. The van der Waals surface area contributed by atoms with Gasteiger partial charge < -0.3 is 4.90 Å². The highest BCUT2D eigenvalue weighted by molar-refractivity contribution is 8.01. The molecule has 0 unspecified atom stereocenters. The van der Waals surface area contributed by atoms with Gasteiger partial charge in [-0.05, 0) is 24.8 Å². The van der Waals surface area contributed by atoms with Crippen molar-refractivity contribution in [3.63, 3.8) is 0 Å². The lowest BCUT2D eigenvalue weighted by molar-refractivity contribution is 0.0801. The number of carbonyl (C=O) groups excluding carboxylic acids is 1. The van der Waals surface area contributed by atoms with Crippen LogP contribution in [0.15, 0.2) is 21.9 Å². The van der Waals surface area contributed by atoms with Crippen molar-refractivity contribution in [2.75, 3.05) is 19.3 Å². The number of amides is 1. The SMILES string of the molecule is CCSc1ccc(C(=O)N(C)CCc2scnc2C)s1. The molecule has 2 rings (SSSR count). The first-order valence-electron chi connectivity index (χ1n) is 6.49. The first kappa shape index (κ1) is 15.5. The van der Waals surface area contributed by atoms with E-state index in [1.54, 1.807) is 39.3 Å². The molecule has 6 heteroatoms. The zero-order chi connectivity index (χ0) is 14.5. The summed E-state index contributed by atoms with van der Waals surface area (Å²) in [5.41, 5.74) is 2.94. The second-order valence-electron chi connectivity index (χ2n) is 4.39. The van der Waals surface area contributed by atoms with Crippen molar-refractivity contribution < 1.29 is 4.79 Å². The Hall–Kier alpha value is -0.850. The van der Waals surface area contributed by atoms with Crippen LogP contribution in [0.1, 0.15) is 27.2 Å². The molecule has 0 spiro atoms. The summed E-state index contributed by atoms with van der Waals surface area (Å²) in [6.45, 7) is 4.87. The molecule has 0 atom stereocenters. The highest BCUT2D eigenvalue weighted by Gasteiger charge is 2.15. The third kappa shape index (κ3) is 3.84. The lowest BCUT2D eigenvalue weighted by atomic mass is 10.3. The standard InChI is InChI=1S/C14H18N2OS3/c1-4-18-13-6-5-12(20-13)14(17)16(3)8-7-11-10(2)15-9-19-11/h5-6,9H,4,7-8H2,1-3H3. The van der Waals surface area contributed by atoms with Crippen LogP contribution < -0.4 is 0 Å². The molecule has 0 saturated carbocycles. The van der Waals surface area contributed by atoms with E-state index in [2.05, 4.69) is 11.9 Å². The number of aryl methyl sites for hydroxylation is 1. The maximum atomic E-state index is 12.3. The minimum absolute atomic E-state index is 0.111. The fourth-order valence-corrected chi connectivity index (χ4v) is 4.59. The Balaban J connectivity index is 1.92. The van der Waals surface area contributed by atoms with Crippen LogP contribution in [0.5, 0.6) is 0 Å². The summed E-state index contributed by atoms with van der Waals surface area (Å²) in [6, 6.07) is 3.96. The molecule has 0 fully saturated rings. The van der Waals surface area contributed by atoms with Crippen molar-refractivity contribution in [1.29, 1.82) is 0 Å². The first-order valence-corrected chi connectivity index (χ1v) is 9.17. The summed E-state index contributed by atoms with van der Waals surface area (Å²) < 4.78 is 1.21. The van der Waals surface area contributed by atoms with E-state index in [-0.39, 0.29) is 5.91 Å². The van der Waals surface area contributed by atoms with Gasteiger partial charge in [-0.1, -0.05) is 6.92 Å². The Morgan fingerprint density at radius 2 is 2.25 bits per heavy atom. The van der Waals surface area contributed by atoms with Crippen molar-refractivity contribution in [2.45, 2.75) is 24.5 Å². The number of likely N-dealkylation sites (N-methyl/N-ethyl adjacent to an activating group) is 1. The Kier molecular flexibility index (Phi) is 5.63. The number of thioether (sulfide) groups is 1. The third-order valence-corrected chi connectivity index (χ3v) is 6.12. The molecule has 2 heterocycles. The monoisotopic (exact) mass is 326 g/mol. The largest absolute Gasteiger partial charge is 0.341 e. The lowest BCUT2D eigenvalue weighted by Crippen LogP contribution is -2.28. The predicted molar refractivity (Wildman–Crippen MR) is 88.2 cm³/mol. The molecule has 2 aromatic rings. The fraction of sp³-hybridized carbons (Fsp3) is 0.429. The van der Waals surface area contributed by atoms with Crippen LogP contribution in [0.25, 0.3) is 0 Å². The summed E-state index contributed by atoms with van der Waals surface area (Å²) in [5, 5.41) is 0. The smallest absolute Gasteiger partial charge is 0.263 e. The number of thiophene rings is 1. The maximum Gasteiger partial charge on any atom is 0.263 e. The van der Waals surface area contributed by atoms with E-state index in [0.29, 0.717) is 0 Å². The Morgan fingerprint density at radius 3 is 2.90 bits per heavy atom. The second kappa shape index (κ2) is 7.24. The average molecular weight is 327 g/mol. The first-order chi connectivity index (χ1) is 9.61. The maximum absolute atomic E-state index is 12.3. The van der Waals surface area contributed by atoms with Crippen molar-refractivity contribution in [3.05, 3.63) is 33.1 Å². The molecular formula is C14H18N2OS3. The normalized spacial score (nSPS) is 10.8. The zero-order valence-electron chi connectivity index (χ0n) is 11.9. The molecule has 0 radical (unpaired) electrons. The van der Waals surface area contributed by atoms with Crippen LogP contribution in [0.4, 0.5) is 0 Å². The predicted octanol–water partition coefficient (Wildman–Crippen LogP) is 3.94. The van der Waals surface area contributed by atoms with Gasteiger partial charge in [0, 0.05) is 24.9 Å². The van der Waals surface area contributed by atoms with E-state index in [0.717, 1.165) is 29.3 Å². The van der Waals surface area contributed by atoms with Crippen molar-refractivity contribution >= 4 is 40.3 Å². The molecule has 0 saturated heterocycles. The molecule has 1 amide bonds. The molecule has 108 valence electrons. The molecule has 0 aromatic carbocycles. The number of hydrogen-bond donors (Lipinski definition) is 0. The van der Waals surface area contributed by atoms with Crippen LogP contribution in [0.3, 0.4) is 0 Å². The number of hydrogen-bond acceptors (Lipinski definition) is 5. The summed E-state index contributed by atoms with van der Waals surface area (Å²) in [7, 11) is 1.87. The summed E-state index contributed by atoms with van der Waals surface area (Å²) >= 11 is 5.02. The zero-order valence-corrected chi connectivity index (χ0v) is 14.3. The van der Waals surface area contributed by atoms with Crippen molar-refractivity contribution in [3.8, 4) is 0 Å². The number of nitrogens with zero attached hydrogens (tertiary/aromatic N) is 2. The van der Waals surface area contributed by atoms with E-state index in [4.69, 9.17) is 0 Å². The third-order valence-electron chi connectivity index (χ3n) is 2.94. The number of thiazole rings is 1. The average Bonchev–Trinajstić information content (AvgIpc) is 3.05. The van der Waals surface area contributed by atoms with Crippen LogP contribution in [-0.4, -0.2) is 35.1 Å². The van der Waals surface area contributed by atoms with E-state index >= 15 is 0 Å². The van der Waals surface area contributed by atoms with Gasteiger partial charge in [0.1, 0.15) is 0 Å². The molecular weight excluding hydrogens is 308 g/mol. The van der Waals surface area contributed by atoms with Crippen LogP contribution in [-0.2, 0) is 6.42 Å². The Labute approximate surface area is 132 Å². The van der Waals surface area contributed by atoms with Gasteiger partial charge in [0.25, 0.3) is 5.91 Å². The number of rotatable bonds is 6. The molecule has 0 aliphatic rings. The van der Waals surface area contributed by atoms with Gasteiger partial charge in [-0.15, -0.1) is 34.4 Å². The summed E-state index contributed by atoms with van der Waals surface area (Å²) in [6.07, 6.45) is 0.876. The van der Waals surface area contributed by atoms with Crippen LogP contribution in [0, 0.1) is 6.92 Å². The van der Waals surface area contributed by atoms with E-state index in [9.17, 15) is 4.79 Å². The van der Waals surface area contributed by atoms with Gasteiger partial charge >= 0.3 is 0 Å². The van der Waals surface area contributed by atoms with Gasteiger partial charge in [-0.25, -0.2) is 4.98 Å². The highest BCUT2D eigenvalue weighted by atomic mass is 32.2. The second-order valence-corrected chi connectivity index (χ2v) is 7.98. The van der Waals surface area contributed by atoms with Gasteiger partial charge in [0.05, 0.1) is 20.3 Å². The molecule has 0 aliphatic carbocycles. The molecule has 2 aromatic heterocycles. The van der Waals surface area contributed by atoms with Gasteiger partial charge in [0.2, 0.25) is 0 Å². The topological polar surface area (TPSA) is 33.2 Å².